The van der Waals surface area contributed by atoms with Gasteiger partial charge in [0.25, 0.3) is 0 Å². The molecule has 108 valence electrons. The van der Waals surface area contributed by atoms with Crippen LogP contribution in [0.2, 0.25) is 0 Å². The van der Waals surface area contributed by atoms with E-state index in [2.05, 4.69) is 5.32 Å². The Hall–Kier alpha value is -2.33. The van der Waals surface area contributed by atoms with Gasteiger partial charge >= 0.3 is 0 Å². The number of benzene rings is 2. The molecule has 21 heavy (non-hydrogen) atoms. The number of aliphatic hydroxyl groups is 1. The van der Waals surface area contributed by atoms with E-state index in [0.717, 1.165) is 22.4 Å². The first-order chi connectivity index (χ1) is 10.3. The van der Waals surface area contributed by atoms with Crippen molar-refractivity contribution >= 4 is 5.91 Å². The van der Waals surface area contributed by atoms with Crippen LogP contribution in [0.3, 0.4) is 0 Å². The van der Waals surface area contributed by atoms with Crippen molar-refractivity contribution < 1.29 is 14.6 Å². The number of fused-ring (bicyclic) bond motifs is 1. The van der Waals surface area contributed by atoms with E-state index in [1.807, 2.05) is 48.5 Å². The summed E-state index contributed by atoms with van der Waals surface area (Å²) >= 11 is 0. The van der Waals surface area contributed by atoms with Crippen LogP contribution in [0.15, 0.2) is 48.5 Å². The van der Waals surface area contributed by atoms with Crippen molar-refractivity contribution in [1.29, 1.82) is 0 Å². The number of nitrogens with one attached hydrogen (secondary N) is 1. The van der Waals surface area contributed by atoms with Gasteiger partial charge < -0.3 is 15.2 Å². The van der Waals surface area contributed by atoms with Gasteiger partial charge in [0.05, 0.1) is 6.61 Å². The number of hydrogen-bond acceptors (Lipinski definition) is 3. The second-order valence-corrected chi connectivity index (χ2v) is 5.10. The Morgan fingerprint density at radius 1 is 1.19 bits per heavy atom. The Bertz CT molecular complexity index is 654. The number of carbonyl (C=O) groups excluding carboxylic acids is 1. The molecule has 2 aromatic carbocycles. The van der Waals surface area contributed by atoms with Crippen LogP contribution >= 0.6 is 0 Å². The molecule has 4 heteroatoms. The summed E-state index contributed by atoms with van der Waals surface area (Å²) in [5, 5.41) is 12.0. The third-order valence-corrected chi connectivity index (χ3v) is 3.66. The molecule has 1 aliphatic heterocycles. The summed E-state index contributed by atoms with van der Waals surface area (Å²) in [6.45, 7) is 0.846. The smallest absolute Gasteiger partial charge is 0.231 e. The lowest BCUT2D eigenvalue weighted by molar-refractivity contribution is -0.122. The third kappa shape index (κ3) is 2.90. The Labute approximate surface area is 123 Å². The number of para-hydroxylation sites is 1. The van der Waals surface area contributed by atoms with Gasteiger partial charge in [-0.15, -0.1) is 0 Å². The fraction of sp³-hybridized carbons (Fsp3) is 0.235. The quantitative estimate of drug-likeness (QED) is 0.902. The lowest BCUT2D eigenvalue weighted by atomic mass is 10.0. The topological polar surface area (TPSA) is 58.6 Å². The molecule has 0 radical (unpaired) electrons. The van der Waals surface area contributed by atoms with E-state index in [-0.39, 0.29) is 18.4 Å². The molecule has 2 N–H and O–H groups in total. The van der Waals surface area contributed by atoms with E-state index in [0.29, 0.717) is 13.2 Å². The first-order valence-corrected chi connectivity index (χ1v) is 6.96. The monoisotopic (exact) mass is 283 g/mol. The fourth-order valence-electron chi connectivity index (χ4n) is 2.53. The third-order valence-electron chi connectivity index (χ3n) is 3.66. The molecule has 4 nitrogen and oxygen atoms in total. The zero-order valence-corrected chi connectivity index (χ0v) is 11.6. The highest BCUT2D eigenvalue weighted by molar-refractivity contribution is 5.85. The largest absolute Gasteiger partial charge is 0.492 e. The summed E-state index contributed by atoms with van der Waals surface area (Å²) in [6, 6.07) is 15.2. The minimum absolute atomic E-state index is 0.00558. The van der Waals surface area contributed by atoms with E-state index in [1.165, 1.54) is 0 Å². The Morgan fingerprint density at radius 3 is 2.86 bits per heavy atom. The number of ether oxygens (including phenoxy) is 1. The zero-order chi connectivity index (χ0) is 14.7. The summed E-state index contributed by atoms with van der Waals surface area (Å²) in [5.74, 6) is 0.511. The van der Waals surface area contributed by atoms with Crippen molar-refractivity contribution in [3.63, 3.8) is 0 Å². The molecule has 1 unspecified atom stereocenters. The SMILES string of the molecule is O=C(NCc1cccc(CO)c1)C1COc2ccccc21. The van der Waals surface area contributed by atoms with Gasteiger partial charge in [0.2, 0.25) is 5.91 Å². The van der Waals surface area contributed by atoms with Gasteiger partial charge in [-0.1, -0.05) is 42.5 Å². The predicted octanol–water partition coefficient (Wildman–Crippen LogP) is 1.97. The highest BCUT2D eigenvalue weighted by Crippen LogP contribution is 2.33. The molecule has 1 heterocycles. The molecule has 0 aliphatic carbocycles. The summed E-state index contributed by atoms with van der Waals surface area (Å²) in [7, 11) is 0. The van der Waals surface area contributed by atoms with Crippen molar-refractivity contribution in [2.75, 3.05) is 6.61 Å². The second kappa shape index (κ2) is 5.97. The number of carbonyl (C=O) groups is 1. The molecule has 3 rings (SSSR count). The zero-order valence-electron chi connectivity index (χ0n) is 11.6. The Morgan fingerprint density at radius 2 is 2.00 bits per heavy atom. The summed E-state index contributed by atoms with van der Waals surface area (Å²) in [4.78, 5) is 12.3. The Kier molecular flexibility index (Phi) is 3.88. The van der Waals surface area contributed by atoms with Crippen molar-refractivity contribution in [1.82, 2.24) is 5.32 Å². The summed E-state index contributed by atoms with van der Waals surface area (Å²) < 4.78 is 5.53. The van der Waals surface area contributed by atoms with Crippen molar-refractivity contribution in [3.8, 4) is 5.75 Å². The van der Waals surface area contributed by atoms with Crippen molar-refractivity contribution in [3.05, 3.63) is 65.2 Å². The summed E-state index contributed by atoms with van der Waals surface area (Å²) in [5.41, 5.74) is 2.76. The van der Waals surface area contributed by atoms with Gasteiger partial charge in [0.15, 0.2) is 0 Å². The maximum atomic E-state index is 12.3. The van der Waals surface area contributed by atoms with Gasteiger partial charge in [-0.25, -0.2) is 0 Å². The molecule has 0 saturated heterocycles. The van der Waals surface area contributed by atoms with E-state index < -0.39 is 0 Å². The average molecular weight is 283 g/mol. The van der Waals surface area contributed by atoms with Crippen LogP contribution in [-0.4, -0.2) is 17.6 Å². The molecular weight excluding hydrogens is 266 g/mol. The molecule has 1 atom stereocenters. The van der Waals surface area contributed by atoms with Gasteiger partial charge in [0.1, 0.15) is 18.3 Å². The van der Waals surface area contributed by atoms with Crippen LogP contribution in [-0.2, 0) is 17.9 Å². The first-order valence-electron chi connectivity index (χ1n) is 6.96. The molecule has 1 amide bonds. The molecule has 0 saturated carbocycles. The fourth-order valence-corrected chi connectivity index (χ4v) is 2.53. The van der Waals surface area contributed by atoms with Crippen molar-refractivity contribution in [2.45, 2.75) is 19.1 Å². The summed E-state index contributed by atoms with van der Waals surface area (Å²) in [6.07, 6.45) is 0. The minimum atomic E-state index is -0.248. The highest BCUT2D eigenvalue weighted by atomic mass is 16.5. The number of amides is 1. The van der Waals surface area contributed by atoms with E-state index in [9.17, 15) is 4.79 Å². The van der Waals surface area contributed by atoms with E-state index in [1.54, 1.807) is 0 Å². The van der Waals surface area contributed by atoms with Gasteiger partial charge in [-0.2, -0.15) is 0 Å². The lowest BCUT2D eigenvalue weighted by Gasteiger charge is -2.11. The van der Waals surface area contributed by atoms with Crippen LogP contribution in [0.4, 0.5) is 0 Å². The number of aliphatic hydroxyl groups excluding tert-OH is 1. The van der Waals surface area contributed by atoms with Crippen LogP contribution in [0.25, 0.3) is 0 Å². The van der Waals surface area contributed by atoms with Crippen LogP contribution < -0.4 is 10.1 Å². The molecule has 0 bridgehead atoms. The molecule has 2 aromatic rings. The van der Waals surface area contributed by atoms with Crippen LogP contribution in [0.1, 0.15) is 22.6 Å². The van der Waals surface area contributed by atoms with Gasteiger partial charge in [0, 0.05) is 12.1 Å². The van der Waals surface area contributed by atoms with Crippen molar-refractivity contribution in [2.24, 2.45) is 0 Å². The van der Waals surface area contributed by atoms with Crippen LogP contribution in [0.5, 0.6) is 5.75 Å². The molecule has 0 fully saturated rings. The maximum absolute atomic E-state index is 12.3. The molecule has 0 spiro atoms. The minimum Gasteiger partial charge on any atom is -0.492 e. The van der Waals surface area contributed by atoms with Crippen LogP contribution in [0, 0.1) is 0 Å². The normalized spacial score (nSPS) is 16.1. The second-order valence-electron chi connectivity index (χ2n) is 5.10. The van der Waals surface area contributed by atoms with E-state index >= 15 is 0 Å². The highest BCUT2D eigenvalue weighted by Gasteiger charge is 2.29. The standard InChI is InChI=1S/C17H17NO3/c19-10-13-5-3-4-12(8-13)9-18-17(20)15-11-21-16-7-2-1-6-14(15)16/h1-8,15,19H,9-11H2,(H,18,20). The lowest BCUT2D eigenvalue weighted by Crippen LogP contribution is -2.29. The average Bonchev–Trinajstić information content (AvgIpc) is 2.97. The maximum Gasteiger partial charge on any atom is 0.231 e. The molecule has 0 aromatic heterocycles. The van der Waals surface area contributed by atoms with Gasteiger partial charge in [-0.05, 0) is 17.2 Å². The number of hydrogen-bond donors (Lipinski definition) is 2. The number of rotatable bonds is 4. The molecule has 1 aliphatic rings. The van der Waals surface area contributed by atoms with Gasteiger partial charge in [-0.3, -0.25) is 4.79 Å². The van der Waals surface area contributed by atoms with E-state index in [4.69, 9.17) is 9.84 Å². The predicted molar refractivity (Wildman–Crippen MR) is 78.9 cm³/mol. The Balaban J connectivity index is 1.65. The first kappa shape index (κ1) is 13.6. The molecular formula is C17H17NO3.